The molecule has 0 atom stereocenters. The standard InChI is InChI=1S/C12H18N6O3/c1-20-6-10(19)17-8-5-7(3-4-9(8)21-2)16-12(15)18-11(13)14/h3-5H,6H2,1-2H3,(H,17,19)(H6,13,14,15,16,18). The average molecular weight is 294 g/mol. The monoisotopic (exact) mass is 294 g/mol. The zero-order valence-electron chi connectivity index (χ0n) is 11.8. The van der Waals surface area contributed by atoms with E-state index in [9.17, 15) is 4.79 Å². The Morgan fingerprint density at radius 1 is 1.29 bits per heavy atom. The molecule has 0 heterocycles. The molecule has 114 valence electrons. The summed E-state index contributed by atoms with van der Waals surface area (Å²) < 4.78 is 9.89. The number of amides is 1. The minimum atomic E-state index is -0.325. The largest absolute Gasteiger partial charge is 0.495 e. The number of benzene rings is 1. The molecular weight excluding hydrogens is 276 g/mol. The van der Waals surface area contributed by atoms with Gasteiger partial charge in [0.15, 0.2) is 5.96 Å². The van der Waals surface area contributed by atoms with Crippen molar-refractivity contribution in [3.05, 3.63) is 18.2 Å². The van der Waals surface area contributed by atoms with Gasteiger partial charge in [-0.3, -0.25) is 4.79 Å². The van der Waals surface area contributed by atoms with Crippen LogP contribution in [-0.2, 0) is 9.53 Å². The van der Waals surface area contributed by atoms with E-state index in [0.29, 0.717) is 17.1 Å². The van der Waals surface area contributed by atoms with Gasteiger partial charge in [0, 0.05) is 7.11 Å². The topological polar surface area (TPSA) is 150 Å². The van der Waals surface area contributed by atoms with E-state index in [-0.39, 0.29) is 24.4 Å². The lowest BCUT2D eigenvalue weighted by Gasteiger charge is -2.10. The molecule has 0 spiro atoms. The van der Waals surface area contributed by atoms with E-state index in [4.69, 9.17) is 26.7 Å². The lowest BCUT2D eigenvalue weighted by molar-refractivity contribution is -0.119. The van der Waals surface area contributed by atoms with Gasteiger partial charge in [0.05, 0.1) is 18.5 Å². The molecule has 9 heteroatoms. The SMILES string of the molecule is COCC(=O)Nc1cc(N=C(N)N=C(N)N)ccc1OC. The van der Waals surface area contributed by atoms with Gasteiger partial charge in [0.25, 0.3) is 0 Å². The molecule has 0 fully saturated rings. The number of methoxy groups -OCH3 is 2. The molecule has 0 saturated heterocycles. The van der Waals surface area contributed by atoms with Crippen LogP contribution >= 0.6 is 0 Å². The van der Waals surface area contributed by atoms with E-state index in [2.05, 4.69) is 15.3 Å². The zero-order valence-corrected chi connectivity index (χ0v) is 11.8. The fraction of sp³-hybridized carbons (Fsp3) is 0.250. The van der Waals surface area contributed by atoms with Gasteiger partial charge < -0.3 is 32.0 Å². The first-order chi connectivity index (χ1) is 9.96. The van der Waals surface area contributed by atoms with E-state index in [1.165, 1.54) is 14.2 Å². The van der Waals surface area contributed by atoms with Gasteiger partial charge in [-0.15, -0.1) is 0 Å². The van der Waals surface area contributed by atoms with Crippen LogP contribution in [0.1, 0.15) is 0 Å². The Labute approximate surface area is 121 Å². The number of rotatable bonds is 5. The first-order valence-electron chi connectivity index (χ1n) is 5.87. The quantitative estimate of drug-likeness (QED) is 0.424. The number of ether oxygens (including phenoxy) is 2. The Kier molecular flexibility index (Phi) is 5.96. The average Bonchev–Trinajstić information content (AvgIpc) is 2.38. The van der Waals surface area contributed by atoms with E-state index >= 15 is 0 Å². The number of carbonyl (C=O) groups is 1. The third-order valence-electron chi connectivity index (χ3n) is 2.22. The van der Waals surface area contributed by atoms with Crippen molar-refractivity contribution in [2.45, 2.75) is 0 Å². The molecule has 9 nitrogen and oxygen atoms in total. The van der Waals surface area contributed by atoms with E-state index in [1.807, 2.05) is 0 Å². The van der Waals surface area contributed by atoms with Crippen LogP contribution in [0.4, 0.5) is 11.4 Å². The van der Waals surface area contributed by atoms with Gasteiger partial charge in [0.1, 0.15) is 12.4 Å². The zero-order chi connectivity index (χ0) is 15.8. The second kappa shape index (κ2) is 7.70. The van der Waals surface area contributed by atoms with Crippen molar-refractivity contribution in [3.63, 3.8) is 0 Å². The van der Waals surface area contributed by atoms with Crippen molar-refractivity contribution in [1.29, 1.82) is 0 Å². The van der Waals surface area contributed by atoms with Crippen LogP contribution < -0.4 is 27.3 Å². The first-order valence-corrected chi connectivity index (χ1v) is 5.87. The fourth-order valence-corrected chi connectivity index (χ4v) is 1.47. The van der Waals surface area contributed by atoms with Crippen molar-refractivity contribution < 1.29 is 14.3 Å². The molecular formula is C12H18N6O3. The van der Waals surface area contributed by atoms with Crippen LogP contribution in [0.3, 0.4) is 0 Å². The maximum atomic E-state index is 11.6. The second-order valence-corrected chi connectivity index (χ2v) is 3.87. The molecule has 0 bridgehead atoms. The number of nitrogens with two attached hydrogens (primary N) is 3. The number of aliphatic imine (C=N–C) groups is 2. The number of hydrogen-bond acceptors (Lipinski definition) is 4. The van der Waals surface area contributed by atoms with Crippen molar-refractivity contribution in [3.8, 4) is 5.75 Å². The maximum Gasteiger partial charge on any atom is 0.250 e. The predicted octanol–water partition coefficient (Wildman–Crippen LogP) is -0.500. The Morgan fingerprint density at radius 3 is 2.57 bits per heavy atom. The Balaban J connectivity index is 3.04. The minimum Gasteiger partial charge on any atom is -0.495 e. The highest BCUT2D eigenvalue weighted by molar-refractivity contribution is 5.95. The molecule has 7 N–H and O–H groups in total. The van der Waals surface area contributed by atoms with E-state index < -0.39 is 0 Å². The van der Waals surface area contributed by atoms with Gasteiger partial charge in [0.2, 0.25) is 11.9 Å². The summed E-state index contributed by atoms with van der Waals surface area (Å²) in [5, 5.41) is 2.63. The molecule has 1 aromatic rings. The van der Waals surface area contributed by atoms with Gasteiger partial charge in [-0.2, -0.15) is 4.99 Å². The smallest absolute Gasteiger partial charge is 0.250 e. The van der Waals surface area contributed by atoms with Crippen molar-refractivity contribution in [2.24, 2.45) is 27.2 Å². The molecule has 0 unspecified atom stereocenters. The Bertz CT molecular complexity index is 566. The number of anilines is 1. The molecule has 0 aliphatic rings. The minimum absolute atomic E-state index is 0.0766. The van der Waals surface area contributed by atoms with Crippen molar-refractivity contribution in [1.82, 2.24) is 0 Å². The number of nitrogens with zero attached hydrogens (tertiary/aromatic N) is 2. The van der Waals surface area contributed by atoms with Crippen LogP contribution in [0.2, 0.25) is 0 Å². The van der Waals surface area contributed by atoms with Crippen molar-refractivity contribution >= 4 is 29.2 Å². The number of nitrogens with one attached hydrogen (secondary N) is 1. The second-order valence-electron chi connectivity index (χ2n) is 3.87. The summed E-state index contributed by atoms with van der Waals surface area (Å²) in [6, 6.07) is 4.84. The number of carbonyl (C=O) groups excluding carboxylic acids is 1. The maximum absolute atomic E-state index is 11.6. The summed E-state index contributed by atoms with van der Waals surface area (Å²) in [5.74, 6) is -0.152. The number of guanidine groups is 2. The molecule has 1 rings (SSSR count). The molecule has 0 aromatic heterocycles. The van der Waals surface area contributed by atoms with Gasteiger partial charge in [-0.25, -0.2) is 4.99 Å². The molecule has 0 saturated carbocycles. The Hall–Kier alpha value is -2.81. The molecule has 1 amide bonds. The van der Waals surface area contributed by atoms with E-state index in [0.717, 1.165) is 0 Å². The van der Waals surface area contributed by atoms with E-state index in [1.54, 1.807) is 18.2 Å². The lowest BCUT2D eigenvalue weighted by atomic mass is 10.2. The summed E-state index contributed by atoms with van der Waals surface area (Å²) >= 11 is 0. The number of hydrogen-bond donors (Lipinski definition) is 4. The Morgan fingerprint density at radius 2 is 2.00 bits per heavy atom. The van der Waals surface area contributed by atoms with Crippen LogP contribution in [0, 0.1) is 0 Å². The molecule has 0 aliphatic heterocycles. The summed E-state index contributed by atoms with van der Waals surface area (Å²) in [7, 11) is 2.91. The van der Waals surface area contributed by atoms with Crippen LogP contribution in [0.25, 0.3) is 0 Å². The summed E-state index contributed by atoms with van der Waals surface area (Å²) in [6.07, 6.45) is 0. The highest BCUT2D eigenvalue weighted by Crippen LogP contribution is 2.29. The summed E-state index contributed by atoms with van der Waals surface area (Å²) in [6.45, 7) is -0.0766. The van der Waals surface area contributed by atoms with Crippen molar-refractivity contribution in [2.75, 3.05) is 26.1 Å². The van der Waals surface area contributed by atoms with Gasteiger partial charge >= 0.3 is 0 Å². The molecule has 1 aromatic carbocycles. The lowest BCUT2D eigenvalue weighted by Crippen LogP contribution is -2.26. The molecule has 0 radical (unpaired) electrons. The normalized spacial score (nSPS) is 10.9. The summed E-state index contributed by atoms with van der Waals surface area (Å²) in [4.78, 5) is 19.1. The first kappa shape index (κ1) is 16.2. The van der Waals surface area contributed by atoms with Crippen LogP contribution in [-0.4, -0.2) is 38.7 Å². The fourth-order valence-electron chi connectivity index (χ4n) is 1.47. The van der Waals surface area contributed by atoms with Crippen LogP contribution in [0.15, 0.2) is 28.2 Å². The highest BCUT2D eigenvalue weighted by atomic mass is 16.5. The summed E-state index contributed by atoms with van der Waals surface area (Å²) in [5.41, 5.74) is 16.8. The highest BCUT2D eigenvalue weighted by Gasteiger charge is 2.08. The molecule has 21 heavy (non-hydrogen) atoms. The van der Waals surface area contributed by atoms with Gasteiger partial charge in [-0.05, 0) is 18.2 Å². The molecule has 0 aliphatic carbocycles. The third-order valence-corrected chi connectivity index (χ3v) is 2.22. The predicted molar refractivity (Wildman–Crippen MR) is 80.6 cm³/mol. The van der Waals surface area contributed by atoms with Gasteiger partial charge in [-0.1, -0.05) is 0 Å². The third kappa shape index (κ3) is 5.37. The van der Waals surface area contributed by atoms with Crippen LogP contribution in [0.5, 0.6) is 5.75 Å².